The van der Waals surface area contributed by atoms with Crippen LogP contribution in [0.2, 0.25) is 0 Å². The molecule has 1 saturated carbocycles. The molecular weight excluding hydrogens is 450 g/mol. The van der Waals surface area contributed by atoms with Gasteiger partial charge in [-0.1, -0.05) is 19.4 Å². The number of ether oxygens (including phenoxy) is 1. The first kappa shape index (κ1) is 25.0. The fourth-order valence-corrected chi connectivity index (χ4v) is 7.73. The highest BCUT2D eigenvalue weighted by Crippen LogP contribution is 2.41. The van der Waals surface area contributed by atoms with Crippen molar-refractivity contribution in [2.45, 2.75) is 68.7 Å². The van der Waals surface area contributed by atoms with Gasteiger partial charge in [0.2, 0.25) is 5.91 Å². The van der Waals surface area contributed by atoms with Gasteiger partial charge in [-0.3, -0.25) is 4.79 Å². The molecule has 0 unspecified atom stereocenters. The molecular formula is C22H35N3O5S2. The maximum atomic E-state index is 13.2. The Balaban J connectivity index is 1.63. The van der Waals surface area contributed by atoms with E-state index in [1.807, 2.05) is 20.8 Å². The first-order valence-electron chi connectivity index (χ1n) is 11.3. The van der Waals surface area contributed by atoms with E-state index < -0.39 is 21.7 Å². The van der Waals surface area contributed by atoms with Gasteiger partial charge in [0.05, 0.1) is 0 Å². The van der Waals surface area contributed by atoms with Crippen LogP contribution in [0.1, 0.15) is 52.9 Å². The number of fused-ring (bicyclic) bond motifs is 1. The van der Waals surface area contributed by atoms with Crippen molar-refractivity contribution in [2.24, 2.45) is 17.8 Å². The van der Waals surface area contributed by atoms with E-state index in [1.165, 1.54) is 18.4 Å². The number of nitrogens with zero attached hydrogens (tertiary/aromatic N) is 1. The van der Waals surface area contributed by atoms with E-state index in [0.717, 1.165) is 19.3 Å². The van der Waals surface area contributed by atoms with Crippen LogP contribution in [0.25, 0.3) is 0 Å². The topological polar surface area (TPSA) is 105 Å². The Hall–Kier alpha value is -1.65. The Morgan fingerprint density at radius 3 is 2.69 bits per heavy atom. The molecule has 3 rings (SSSR count). The molecule has 4 atom stereocenters. The molecule has 1 aromatic heterocycles. The number of alkyl carbamates (subject to hydrolysis) is 1. The summed E-state index contributed by atoms with van der Waals surface area (Å²) in [6, 6.07) is 3.37. The van der Waals surface area contributed by atoms with Crippen LogP contribution in [0.3, 0.4) is 0 Å². The average molecular weight is 486 g/mol. The molecule has 10 heteroatoms. The monoisotopic (exact) mass is 485 g/mol. The van der Waals surface area contributed by atoms with Gasteiger partial charge in [0, 0.05) is 32.1 Å². The fraction of sp³-hybridized carbons (Fsp3) is 0.727. The van der Waals surface area contributed by atoms with E-state index in [0.29, 0.717) is 30.1 Å². The summed E-state index contributed by atoms with van der Waals surface area (Å²) in [5.41, 5.74) is -0.769. The molecule has 1 aliphatic heterocycles. The van der Waals surface area contributed by atoms with Gasteiger partial charge < -0.3 is 15.4 Å². The van der Waals surface area contributed by atoms with Crippen LogP contribution in [-0.2, 0) is 19.6 Å². The maximum absolute atomic E-state index is 13.2. The minimum Gasteiger partial charge on any atom is -0.444 e. The van der Waals surface area contributed by atoms with Crippen molar-refractivity contribution < 1.29 is 22.7 Å². The summed E-state index contributed by atoms with van der Waals surface area (Å²) in [5.74, 6) is 0.0930. The van der Waals surface area contributed by atoms with Gasteiger partial charge in [-0.25, -0.2) is 13.2 Å². The molecule has 1 saturated heterocycles. The highest BCUT2D eigenvalue weighted by atomic mass is 32.2. The molecule has 32 heavy (non-hydrogen) atoms. The molecule has 2 amide bonds. The predicted octanol–water partition coefficient (Wildman–Crippen LogP) is 3.20. The minimum absolute atomic E-state index is 0.0293. The number of amides is 2. The number of carbonyl (C=O) groups is 2. The van der Waals surface area contributed by atoms with Crippen LogP contribution in [0.4, 0.5) is 4.79 Å². The second-order valence-corrected chi connectivity index (χ2v) is 12.6. The lowest BCUT2D eigenvalue weighted by Crippen LogP contribution is -2.45. The first-order valence-corrected chi connectivity index (χ1v) is 13.6. The maximum Gasteiger partial charge on any atom is 0.407 e. The SMILES string of the molecule is CCC[C@@H](CC(C)(C)OC(=O)NC)C(=O)N[C@H]1CC[C@@H]2CN(S(=O)(=O)c3cccs3)C[C@@H]21. The zero-order valence-electron chi connectivity index (χ0n) is 19.3. The summed E-state index contributed by atoms with van der Waals surface area (Å²) in [6.07, 6.45) is 3.24. The van der Waals surface area contributed by atoms with Crippen molar-refractivity contribution in [3.8, 4) is 0 Å². The molecule has 2 heterocycles. The van der Waals surface area contributed by atoms with Gasteiger partial charge in [-0.2, -0.15) is 4.31 Å². The minimum atomic E-state index is -3.47. The van der Waals surface area contributed by atoms with E-state index in [2.05, 4.69) is 10.6 Å². The zero-order chi connectivity index (χ0) is 23.5. The summed E-state index contributed by atoms with van der Waals surface area (Å²) < 4.78 is 33.2. The van der Waals surface area contributed by atoms with Crippen LogP contribution in [-0.4, -0.2) is 56.5 Å². The van der Waals surface area contributed by atoms with Crippen LogP contribution < -0.4 is 10.6 Å². The summed E-state index contributed by atoms with van der Waals surface area (Å²) in [4.78, 5) is 24.8. The molecule has 0 spiro atoms. The highest BCUT2D eigenvalue weighted by Gasteiger charge is 2.47. The summed E-state index contributed by atoms with van der Waals surface area (Å²) in [6.45, 7) is 6.62. The Morgan fingerprint density at radius 2 is 2.06 bits per heavy atom. The lowest BCUT2D eigenvalue weighted by molar-refractivity contribution is -0.128. The van der Waals surface area contributed by atoms with Crippen LogP contribution in [0.5, 0.6) is 0 Å². The number of sulfonamides is 1. The van der Waals surface area contributed by atoms with E-state index >= 15 is 0 Å². The first-order chi connectivity index (χ1) is 15.1. The van der Waals surface area contributed by atoms with Gasteiger partial charge in [-0.05, 0) is 62.8 Å². The Labute approximate surface area is 195 Å². The standard InChI is InChI=1S/C22H35N3O5S2/c1-5-7-15(12-22(2,3)30-21(27)23-4)20(26)24-18-10-9-16-13-25(14-17(16)18)32(28,29)19-8-6-11-31-19/h6,8,11,15-18H,5,7,9-10,12-14H2,1-4H3,(H,23,27)(H,24,26)/t15-,16+,17-,18-/m0/s1. The third-order valence-electron chi connectivity index (χ3n) is 6.56. The molecule has 2 fully saturated rings. The normalized spacial score (nSPS) is 24.7. The molecule has 1 aromatic rings. The molecule has 2 aliphatic rings. The highest BCUT2D eigenvalue weighted by molar-refractivity contribution is 7.91. The van der Waals surface area contributed by atoms with E-state index in [-0.39, 0.29) is 29.7 Å². The van der Waals surface area contributed by atoms with Crippen LogP contribution >= 0.6 is 11.3 Å². The number of hydrogen-bond donors (Lipinski definition) is 2. The smallest absolute Gasteiger partial charge is 0.407 e. The van der Waals surface area contributed by atoms with Crippen molar-refractivity contribution in [3.63, 3.8) is 0 Å². The third kappa shape index (κ3) is 5.63. The largest absolute Gasteiger partial charge is 0.444 e. The summed E-state index contributed by atoms with van der Waals surface area (Å²) >= 11 is 1.24. The van der Waals surface area contributed by atoms with Crippen LogP contribution in [0, 0.1) is 17.8 Å². The predicted molar refractivity (Wildman–Crippen MR) is 124 cm³/mol. The Morgan fingerprint density at radius 1 is 1.31 bits per heavy atom. The molecule has 0 aromatic carbocycles. The lowest BCUT2D eigenvalue weighted by atomic mass is 9.88. The molecule has 8 nitrogen and oxygen atoms in total. The lowest BCUT2D eigenvalue weighted by Gasteiger charge is -2.30. The Bertz CT molecular complexity index is 901. The molecule has 180 valence electrons. The van der Waals surface area contributed by atoms with Crippen molar-refractivity contribution in [2.75, 3.05) is 20.1 Å². The number of thiophene rings is 1. The van der Waals surface area contributed by atoms with E-state index in [9.17, 15) is 18.0 Å². The van der Waals surface area contributed by atoms with Crippen molar-refractivity contribution >= 4 is 33.4 Å². The number of carbonyl (C=O) groups excluding carboxylic acids is 2. The molecule has 1 aliphatic carbocycles. The summed E-state index contributed by atoms with van der Waals surface area (Å²) in [7, 11) is -1.96. The van der Waals surface area contributed by atoms with Gasteiger partial charge >= 0.3 is 6.09 Å². The third-order valence-corrected chi connectivity index (χ3v) is 9.76. The van der Waals surface area contributed by atoms with Gasteiger partial charge in [-0.15, -0.1) is 11.3 Å². The number of hydrogen-bond acceptors (Lipinski definition) is 6. The Kier molecular flexibility index (Phi) is 7.88. The van der Waals surface area contributed by atoms with Crippen molar-refractivity contribution in [1.29, 1.82) is 0 Å². The average Bonchev–Trinajstić information content (AvgIpc) is 3.46. The summed E-state index contributed by atoms with van der Waals surface area (Å²) in [5, 5.41) is 7.44. The van der Waals surface area contributed by atoms with E-state index in [1.54, 1.807) is 21.8 Å². The fourth-order valence-electron chi connectivity index (χ4n) is 5.05. The van der Waals surface area contributed by atoms with Gasteiger partial charge in [0.15, 0.2) is 0 Å². The van der Waals surface area contributed by atoms with Gasteiger partial charge in [0.25, 0.3) is 10.0 Å². The second kappa shape index (κ2) is 10.1. The molecule has 0 bridgehead atoms. The molecule has 2 N–H and O–H groups in total. The quantitative estimate of drug-likeness (QED) is 0.559. The number of nitrogens with one attached hydrogen (secondary N) is 2. The number of rotatable bonds is 9. The zero-order valence-corrected chi connectivity index (χ0v) is 20.9. The van der Waals surface area contributed by atoms with E-state index in [4.69, 9.17) is 4.74 Å². The van der Waals surface area contributed by atoms with Crippen molar-refractivity contribution in [3.05, 3.63) is 17.5 Å². The second-order valence-electron chi connectivity index (χ2n) is 9.46. The molecule has 0 radical (unpaired) electrons. The van der Waals surface area contributed by atoms with Gasteiger partial charge in [0.1, 0.15) is 9.81 Å². The van der Waals surface area contributed by atoms with Crippen molar-refractivity contribution in [1.82, 2.24) is 14.9 Å². The van der Waals surface area contributed by atoms with Crippen LogP contribution in [0.15, 0.2) is 21.7 Å².